The molecule has 1 unspecified atom stereocenters. The third-order valence-corrected chi connectivity index (χ3v) is 5.62. The number of rotatable bonds is 8. The van der Waals surface area contributed by atoms with Gasteiger partial charge in [0.1, 0.15) is 11.5 Å². The summed E-state index contributed by atoms with van der Waals surface area (Å²) < 4.78 is 11.3. The lowest BCUT2D eigenvalue weighted by atomic mass is 10.2. The molecule has 1 heterocycles. The third-order valence-electron chi connectivity index (χ3n) is 4.21. The molecule has 2 N–H and O–H groups in total. The van der Waals surface area contributed by atoms with Crippen molar-refractivity contribution in [3.63, 3.8) is 0 Å². The molecule has 0 aliphatic carbocycles. The summed E-state index contributed by atoms with van der Waals surface area (Å²) in [6.45, 7) is 1.75. The Morgan fingerprint density at radius 1 is 1.07 bits per heavy atom. The summed E-state index contributed by atoms with van der Waals surface area (Å²) in [5.74, 6) is 0.646. The molecule has 0 saturated carbocycles. The third kappa shape index (κ3) is 5.98. The molecule has 0 saturated heterocycles. The van der Waals surface area contributed by atoms with Crippen LogP contribution in [0.3, 0.4) is 0 Å². The second kappa shape index (κ2) is 10.1. The van der Waals surface area contributed by atoms with Gasteiger partial charge in [-0.05, 0) is 55.5 Å². The Labute approximate surface area is 183 Å². The van der Waals surface area contributed by atoms with E-state index in [1.165, 1.54) is 11.3 Å². The Balaban J connectivity index is 1.50. The van der Waals surface area contributed by atoms with Gasteiger partial charge in [0.25, 0.3) is 11.8 Å². The summed E-state index contributed by atoms with van der Waals surface area (Å²) in [4.78, 5) is 25.5. The van der Waals surface area contributed by atoms with Crippen LogP contribution >= 0.6 is 22.9 Å². The average Bonchev–Trinajstić information content (AvgIpc) is 3.19. The van der Waals surface area contributed by atoms with Crippen LogP contribution < -0.4 is 20.1 Å². The molecule has 2 amide bonds. The van der Waals surface area contributed by atoms with E-state index in [4.69, 9.17) is 21.1 Å². The van der Waals surface area contributed by atoms with Gasteiger partial charge in [-0.2, -0.15) is 0 Å². The Morgan fingerprint density at radius 2 is 1.83 bits per heavy atom. The lowest BCUT2D eigenvalue weighted by Crippen LogP contribution is -2.26. The van der Waals surface area contributed by atoms with Crippen LogP contribution in [-0.2, 0) is 4.79 Å². The van der Waals surface area contributed by atoms with Gasteiger partial charge in [-0.1, -0.05) is 17.7 Å². The molecule has 3 aromatic rings. The van der Waals surface area contributed by atoms with E-state index >= 15 is 0 Å². The van der Waals surface area contributed by atoms with Crippen LogP contribution in [0, 0.1) is 0 Å². The molecule has 0 aliphatic heterocycles. The number of carbonyl (C=O) groups is 2. The summed E-state index contributed by atoms with van der Waals surface area (Å²) in [6.07, 6.45) is 0. The Kier molecular flexibility index (Phi) is 7.32. The van der Waals surface area contributed by atoms with Crippen LogP contribution in [0.5, 0.6) is 11.5 Å². The van der Waals surface area contributed by atoms with Gasteiger partial charge in [0.2, 0.25) is 0 Å². The number of hydrogen-bond donors (Lipinski definition) is 2. The zero-order chi connectivity index (χ0) is 21.5. The van der Waals surface area contributed by atoms with Crippen molar-refractivity contribution in [1.29, 1.82) is 0 Å². The molecule has 156 valence electrons. The molecule has 0 radical (unpaired) electrons. The normalized spacial score (nSPS) is 11.4. The zero-order valence-corrected chi connectivity index (χ0v) is 18.0. The van der Waals surface area contributed by atoms with Crippen LogP contribution in [0.1, 0.15) is 28.2 Å². The molecule has 2 aromatic carbocycles. The minimum atomic E-state index is -0.298. The fourth-order valence-corrected chi connectivity index (χ4v) is 3.72. The molecular formula is C22H21ClN2O4S. The van der Waals surface area contributed by atoms with Crippen molar-refractivity contribution in [2.75, 3.05) is 19.0 Å². The van der Waals surface area contributed by atoms with Gasteiger partial charge in [-0.25, -0.2) is 0 Å². The van der Waals surface area contributed by atoms with Crippen LogP contribution in [0.4, 0.5) is 5.69 Å². The molecule has 6 nitrogen and oxygen atoms in total. The van der Waals surface area contributed by atoms with Crippen molar-refractivity contribution in [2.45, 2.75) is 13.0 Å². The minimum Gasteiger partial charge on any atom is -0.497 e. The highest BCUT2D eigenvalue weighted by Crippen LogP contribution is 2.27. The summed E-state index contributed by atoms with van der Waals surface area (Å²) in [6, 6.07) is 17.2. The monoisotopic (exact) mass is 444 g/mol. The highest BCUT2D eigenvalue weighted by Gasteiger charge is 2.13. The summed E-state index contributed by atoms with van der Waals surface area (Å²) in [5.41, 5.74) is 1.12. The predicted molar refractivity (Wildman–Crippen MR) is 119 cm³/mol. The first-order valence-corrected chi connectivity index (χ1v) is 10.4. The van der Waals surface area contributed by atoms with E-state index in [-0.39, 0.29) is 24.5 Å². The van der Waals surface area contributed by atoms with E-state index < -0.39 is 0 Å². The Bertz CT molecular complexity index is 1020. The van der Waals surface area contributed by atoms with E-state index in [0.29, 0.717) is 27.1 Å². The fraction of sp³-hybridized carbons (Fsp3) is 0.182. The molecule has 3 rings (SSSR count). The Morgan fingerprint density at radius 3 is 2.50 bits per heavy atom. The van der Waals surface area contributed by atoms with Crippen LogP contribution in [-0.4, -0.2) is 25.5 Å². The van der Waals surface area contributed by atoms with Gasteiger partial charge >= 0.3 is 0 Å². The van der Waals surface area contributed by atoms with Crippen molar-refractivity contribution in [3.05, 3.63) is 75.4 Å². The maximum Gasteiger partial charge on any atom is 0.262 e. The predicted octanol–water partition coefficient (Wildman–Crippen LogP) is 4.92. The summed E-state index contributed by atoms with van der Waals surface area (Å²) >= 11 is 7.38. The van der Waals surface area contributed by atoms with Crippen molar-refractivity contribution in [2.24, 2.45) is 0 Å². The second-order valence-corrected chi connectivity index (χ2v) is 8.18. The molecular weight excluding hydrogens is 424 g/mol. The largest absolute Gasteiger partial charge is 0.497 e. The van der Waals surface area contributed by atoms with Crippen molar-refractivity contribution in [3.8, 4) is 11.5 Å². The number of ether oxygens (including phenoxy) is 2. The molecule has 8 heteroatoms. The van der Waals surface area contributed by atoms with E-state index in [2.05, 4.69) is 10.6 Å². The number of amides is 2. The van der Waals surface area contributed by atoms with E-state index in [1.54, 1.807) is 61.7 Å². The number of anilines is 1. The summed E-state index contributed by atoms with van der Waals surface area (Å²) in [7, 11) is 1.56. The summed E-state index contributed by atoms with van der Waals surface area (Å²) in [5, 5.41) is 5.67. The molecule has 1 aromatic heterocycles. The van der Waals surface area contributed by atoms with Crippen LogP contribution in [0.2, 0.25) is 4.34 Å². The van der Waals surface area contributed by atoms with Gasteiger partial charge < -0.3 is 20.1 Å². The van der Waals surface area contributed by atoms with E-state index in [0.717, 1.165) is 4.88 Å². The van der Waals surface area contributed by atoms with Crippen LogP contribution in [0.25, 0.3) is 0 Å². The molecule has 0 spiro atoms. The maximum atomic E-state index is 12.4. The van der Waals surface area contributed by atoms with E-state index in [1.807, 2.05) is 13.0 Å². The van der Waals surface area contributed by atoms with Crippen molar-refractivity contribution < 1.29 is 19.1 Å². The number of hydrogen-bond acceptors (Lipinski definition) is 5. The van der Waals surface area contributed by atoms with Crippen molar-refractivity contribution in [1.82, 2.24) is 5.32 Å². The van der Waals surface area contributed by atoms with Crippen molar-refractivity contribution >= 4 is 40.4 Å². The first kappa shape index (κ1) is 21.7. The highest BCUT2D eigenvalue weighted by molar-refractivity contribution is 7.16. The second-order valence-electron chi connectivity index (χ2n) is 6.43. The molecule has 0 aliphatic rings. The molecule has 0 bridgehead atoms. The number of carbonyl (C=O) groups excluding carboxylic acids is 2. The van der Waals surface area contributed by atoms with Gasteiger partial charge in [0.15, 0.2) is 6.61 Å². The van der Waals surface area contributed by atoms with Gasteiger partial charge in [0.05, 0.1) is 17.5 Å². The smallest absolute Gasteiger partial charge is 0.262 e. The van der Waals surface area contributed by atoms with Gasteiger partial charge in [-0.3, -0.25) is 9.59 Å². The number of benzene rings is 2. The van der Waals surface area contributed by atoms with E-state index in [9.17, 15) is 9.59 Å². The number of halogens is 1. The number of nitrogens with one attached hydrogen (secondary N) is 2. The quantitative estimate of drug-likeness (QED) is 0.517. The fourth-order valence-electron chi connectivity index (χ4n) is 2.66. The Hall–Kier alpha value is -3.03. The minimum absolute atomic E-state index is 0.147. The first-order chi connectivity index (χ1) is 14.4. The van der Waals surface area contributed by atoms with Gasteiger partial charge in [-0.15, -0.1) is 11.3 Å². The molecule has 0 fully saturated rings. The standard InChI is InChI=1S/C22H21ClN2O4S/c1-14(19-10-11-20(23)30-19)24-22(27)15-6-8-17(9-7-15)29-13-21(26)25-16-4-3-5-18(12-16)28-2/h3-12,14H,13H2,1-2H3,(H,24,27)(H,25,26). The number of thiophene rings is 1. The lowest BCUT2D eigenvalue weighted by Gasteiger charge is -2.13. The zero-order valence-electron chi connectivity index (χ0n) is 16.5. The van der Waals surface area contributed by atoms with Gasteiger partial charge in [0, 0.05) is 22.2 Å². The maximum absolute atomic E-state index is 12.4. The lowest BCUT2D eigenvalue weighted by molar-refractivity contribution is -0.118. The highest BCUT2D eigenvalue weighted by atomic mass is 35.5. The molecule has 30 heavy (non-hydrogen) atoms. The molecule has 1 atom stereocenters. The topological polar surface area (TPSA) is 76.7 Å². The SMILES string of the molecule is COc1cccc(NC(=O)COc2ccc(C(=O)NC(C)c3ccc(Cl)s3)cc2)c1. The average molecular weight is 445 g/mol. The number of methoxy groups -OCH3 is 1. The first-order valence-electron chi connectivity index (χ1n) is 9.17. The van der Waals surface area contributed by atoms with Crippen LogP contribution in [0.15, 0.2) is 60.7 Å².